The molecule has 0 atom stereocenters. The zero-order chi connectivity index (χ0) is 15.3. The van der Waals surface area contributed by atoms with Crippen LogP contribution in [0.2, 0.25) is 0 Å². The van der Waals surface area contributed by atoms with Crippen molar-refractivity contribution in [1.29, 1.82) is 0 Å². The Morgan fingerprint density at radius 1 is 1.29 bits per heavy atom. The summed E-state index contributed by atoms with van der Waals surface area (Å²) in [6, 6.07) is 3.43. The molecule has 2 N–H and O–H groups in total. The van der Waals surface area contributed by atoms with Gasteiger partial charge in [-0.3, -0.25) is 0 Å². The molecule has 0 bridgehead atoms. The summed E-state index contributed by atoms with van der Waals surface area (Å²) in [6.45, 7) is 2.78. The lowest BCUT2D eigenvalue weighted by Gasteiger charge is -2.26. The lowest BCUT2D eigenvalue weighted by atomic mass is 9.81. The molecule has 1 heterocycles. The fourth-order valence-corrected chi connectivity index (χ4v) is 4.06. The molecule has 2 rings (SSSR count). The van der Waals surface area contributed by atoms with Gasteiger partial charge in [-0.25, -0.2) is 18.1 Å². The second-order valence-corrected chi connectivity index (χ2v) is 7.60. The molecule has 1 aromatic rings. The van der Waals surface area contributed by atoms with Gasteiger partial charge in [-0.2, -0.15) is 0 Å². The molecule has 6 heteroatoms. The minimum absolute atomic E-state index is 0.0739. The molecular weight excluding hydrogens is 286 g/mol. The molecule has 118 valence electrons. The number of anilines is 1. The van der Waals surface area contributed by atoms with Gasteiger partial charge in [-0.15, -0.1) is 0 Å². The minimum Gasteiger partial charge on any atom is -0.386 e. The Labute approximate surface area is 127 Å². The summed E-state index contributed by atoms with van der Waals surface area (Å²) in [6.07, 6.45) is 7.37. The van der Waals surface area contributed by atoms with Crippen molar-refractivity contribution in [1.82, 2.24) is 9.71 Å². The normalized spacial score (nSPS) is 23.0. The zero-order valence-electron chi connectivity index (χ0n) is 12.8. The van der Waals surface area contributed by atoms with Crippen LogP contribution in [0.1, 0.15) is 39.0 Å². The number of hydrogen-bond acceptors (Lipinski definition) is 4. The summed E-state index contributed by atoms with van der Waals surface area (Å²) < 4.78 is 27.3. The van der Waals surface area contributed by atoms with Crippen LogP contribution in [-0.2, 0) is 10.0 Å². The van der Waals surface area contributed by atoms with Crippen molar-refractivity contribution in [3.8, 4) is 0 Å². The van der Waals surface area contributed by atoms with E-state index in [9.17, 15) is 8.42 Å². The van der Waals surface area contributed by atoms with E-state index in [-0.39, 0.29) is 5.03 Å². The first-order valence-electron chi connectivity index (χ1n) is 7.65. The Morgan fingerprint density at radius 3 is 2.67 bits per heavy atom. The van der Waals surface area contributed by atoms with Gasteiger partial charge in [0.15, 0.2) is 5.03 Å². The van der Waals surface area contributed by atoms with Gasteiger partial charge in [0, 0.05) is 19.8 Å². The van der Waals surface area contributed by atoms with E-state index in [0.717, 1.165) is 12.3 Å². The van der Waals surface area contributed by atoms with Gasteiger partial charge in [-0.1, -0.05) is 32.6 Å². The largest absolute Gasteiger partial charge is 0.386 e. The Kier molecular flexibility index (Phi) is 5.58. The highest BCUT2D eigenvalue weighted by molar-refractivity contribution is 7.89. The number of sulfonamides is 1. The van der Waals surface area contributed by atoms with Crippen LogP contribution in [0.25, 0.3) is 0 Å². The van der Waals surface area contributed by atoms with Crippen molar-refractivity contribution >= 4 is 15.7 Å². The molecule has 0 radical (unpaired) electrons. The first-order valence-corrected chi connectivity index (χ1v) is 9.13. The first-order chi connectivity index (χ1) is 10.0. The van der Waals surface area contributed by atoms with E-state index in [2.05, 4.69) is 21.9 Å². The van der Waals surface area contributed by atoms with E-state index in [1.54, 1.807) is 19.2 Å². The molecule has 0 amide bonds. The average Bonchev–Trinajstić information content (AvgIpc) is 2.49. The predicted octanol–water partition coefficient (Wildman–Crippen LogP) is 2.62. The van der Waals surface area contributed by atoms with Crippen LogP contribution in [0.4, 0.5) is 5.69 Å². The molecule has 21 heavy (non-hydrogen) atoms. The van der Waals surface area contributed by atoms with E-state index in [1.165, 1.54) is 31.9 Å². The molecule has 1 saturated carbocycles. The number of rotatable bonds is 6. The van der Waals surface area contributed by atoms with Crippen molar-refractivity contribution in [3.05, 3.63) is 18.3 Å². The van der Waals surface area contributed by atoms with E-state index >= 15 is 0 Å². The molecule has 1 fully saturated rings. The zero-order valence-corrected chi connectivity index (χ0v) is 13.6. The average molecular weight is 311 g/mol. The van der Waals surface area contributed by atoms with Gasteiger partial charge in [0.2, 0.25) is 0 Å². The maximum Gasteiger partial charge on any atom is 0.260 e. The van der Waals surface area contributed by atoms with Crippen molar-refractivity contribution in [2.24, 2.45) is 11.8 Å². The Bertz CT molecular complexity index is 552. The Morgan fingerprint density at radius 2 is 2.00 bits per heavy atom. The second-order valence-electron chi connectivity index (χ2n) is 5.92. The quantitative estimate of drug-likeness (QED) is 0.847. The monoisotopic (exact) mass is 311 g/mol. The van der Waals surface area contributed by atoms with E-state index in [4.69, 9.17) is 0 Å². The van der Waals surface area contributed by atoms with Gasteiger partial charge in [0.05, 0.1) is 5.69 Å². The van der Waals surface area contributed by atoms with Crippen LogP contribution < -0.4 is 10.0 Å². The number of nitrogens with zero attached hydrogens (tertiary/aromatic N) is 1. The summed E-state index contributed by atoms with van der Waals surface area (Å²) in [5.41, 5.74) is 0.525. The summed E-state index contributed by atoms with van der Waals surface area (Å²) in [5, 5.41) is 2.94. The van der Waals surface area contributed by atoms with Gasteiger partial charge in [0.25, 0.3) is 10.0 Å². The van der Waals surface area contributed by atoms with Gasteiger partial charge >= 0.3 is 0 Å². The third-order valence-corrected chi connectivity index (χ3v) is 5.69. The maximum atomic E-state index is 12.3. The van der Waals surface area contributed by atoms with Crippen LogP contribution in [0.3, 0.4) is 0 Å². The highest BCUT2D eigenvalue weighted by atomic mass is 32.2. The number of nitrogens with one attached hydrogen (secondary N) is 2. The summed E-state index contributed by atoms with van der Waals surface area (Å²) >= 11 is 0. The lowest BCUT2D eigenvalue weighted by Crippen LogP contribution is -2.28. The maximum absolute atomic E-state index is 12.3. The van der Waals surface area contributed by atoms with Crippen LogP contribution in [0.15, 0.2) is 23.4 Å². The third-order valence-electron chi connectivity index (χ3n) is 4.28. The Hall–Kier alpha value is -1.14. The van der Waals surface area contributed by atoms with Crippen LogP contribution in [0.5, 0.6) is 0 Å². The van der Waals surface area contributed by atoms with Gasteiger partial charge < -0.3 is 5.32 Å². The smallest absolute Gasteiger partial charge is 0.260 e. The van der Waals surface area contributed by atoms with Crippen LogP contribution in [-0.4, -0.2) is 27.0 Å². The Balaban J connectivity index is 1.89. The van der Waals surface area contributed by atoms with Gasteiger partial charge in [0.1, 0.15) is 0 Å². The van der Waals surface area contributed by atoms with Crippen molar-refractivity contribution in [2.45, 2.75) is 44.1 Å². The molecule has 0 aromatic carbocycles. The molecule has 0 aliphatic heterocycles. The SMILES string of the molecule is CNc1cccnc1S(=O)(=O)NCCC1CCC(C)CC1. The predicted molar refractivity (Wildman–Crippen MR) is 84.7 cm³/mol. The third kappa shape index (κ3) is 4.41. The van der Waals surface area contributed by atoms with E-state index in [0.29, 0.717) is 18.2 Å². The molecule has 0 saturated heterocycles. The summed E-state index contributed by atoms with van der Waals surface area (Å²) in [4.78, 5) is 3.98. The fourth-order valence-electron chi connectivity index (χ4n) is 2.88. The van der Waals surface area contributed by atoms with Crippen molar-refractivity contribution in [2.75, 3.05) is 18.9 Å². The highest BCUT2D eigenvalue weighted by Crippen LogP contribution is 2.30. The summed E-state index contributed by atoms with van der Waals surface area (Å²) in [7, 11) is -1.84. The number of pyridine rings is 1. The lowest BCUT2D eigenvalue weighted by molar-refractivity contribution is 0.278. The van der Waals surface area contributed by atoms with Crippen LogP contribution in [0, 0.1) is 11.8 Å². The van der Waals surface area contributed by atoms with Gasteiger partial charge in [-0.05, 0) is 30.4 Å². The molecule has 0 spiro atoms. The first kappa shape index (κ1) is 16.2. The summed E-state index contributed by atoms with van der Waals surface area (Å²) in [5.74, 6) is 1.47. The second kappa shape index (κ2) is 7.22. The molecule has 1 aliphatic rings. The molecule has 5 nitrogen and oxygen atoms in total. The van der Waals surface area contributed by atoms with Crippen molar-refractivity contribution in [3.63, 3.8) is 0 Å². The number of aromatic nitrogens is 1. The topological polar surface area (TPSA) is 71.1 Å². The number of hydrogen-bond donors (Lipinski definition) is 2. The minimum atomic E-state index is -3.54. The van der Waals surface area contributed by atoms with E-state index in [1.807, 2.05) is 0 Å². The highest BCUT2D eigenvalue weighted by Gasteiger charge is 2.21. The molecule has 1 aromatic heterocycles. The fraction of sp³-hybridized carbons (Fsp3) is 0.667. The molecule has 0 unspecified atom stereocenters. The van der Waals surface area contributed by atoms with E-state index < -0.39 is 10.0 Å². The molecular formula is C15H25N3O2S. The van der Waals surface area contributed by atoms with Crippen LogP contribution >= 0.6 is 0 Å². The standard InChI is InChI=1S/C15H25N3O2S/c1-12-5-7-13(8-6-12)9-11-18-21(19,20)15-14(16-2)4-3-10-17-15/h3-4,10,12-13,16,18H,5-9,11H2,1-2H3. The van der Waals surface area contributed by atoms with Crippen molar-refractivity contribution < 1.29 is 8.42 Å². The molecule has 1 aliphatic carbocycles.